The quantitative estimate of drug-likeness (QED) is 0.181. The summed E-state index contributed by atoms with van der Waals surface area (Å²) in [6, 6.07) is 62.1. The topological polar surface area (TPSA) is 23.0 Å². The molecule has 1 aliphatic rings. The molecule has 0 saturated heterocycles. The van der Waals surface area contributed by atoms with Crippen molar-refractivity contribution in [3.63, 3.8) is 0 Å². The first-order valence-corrected chi connectivity index (χ1v) is 18.8. The fourth-order valence-electron chi connectivity index (χ4n) is 9.68. The largest absolute Gasteiger partial charge is 0.456 e. The molecule has 0 aliphatic heterocycles. The third kappa shape index (κ3) is 3.91. The van der Waals surface area contributed by atoms with E-state index in [9.17, 15) is 0 Å². The number of hydrogen-bond acceptors (Lipinski definition) is 1. The summed E-state index contributed by atoms with van der Waals surface area (Å²) in [5.41, 5.74) is 16.6. The molecule has 0 N–H and O–H groups in total. The average molecular weight is 691 g/mol. The van der Waals surface area contributed by atoms with E-state index in [0.717, 1.165) is 11.2 Å². The second-order valence-electron chi connectivity index (χ2n) is 15.3. The molecule has 0 atom stereocenters. The Labute approximate surface area is 311 Å². The number of benzene rings is 8. The van der Waals surface area contributed by atoms with Gasteiger partial charge in [0.05, 0.1) is 22.1 Å². The van der Waals surface area contributed by atoms with Gasteiger partial charge in [-0.25, -0.2) is 0 Å². The van der Waals surface area contributed by atoms with Crippen LogP contribution < -0.4 is 0 Å². The van der Waals surface area contributed by atoms with Crippen LogP contribution in [0.5, 0.6) is 0 Å². The van der Waals surface area contributed by atoms with Crippen molar-refractivity contribution in [1.29, 1.82) is 0 Å². The van der Waals surface area contributed by atoms with E-state index in [2.05, 4.69) is 193 Å². The monoisotopic (exact) mass is 690 g/mol. The molecule has 8 aromatic carbocycles. The fourth-order valence-corrected chi connectivity index (χ4v) is 9.68. The van der Waals surface area contributed by atoms with Crippen molar-refractivity contribution in [1.82, 2.24) is 9.13 Å². The van der Waals surface area contributed by atoms with E-state index in [0.29, 0.717) is 0 Å². The molecule has 1 aliphatic carbocycles. The Kier molecular flexibility index (Phi) is 5.84. The first-order valence-electron chi connectivity index (χ1n) is 18.8. The predicted molar refractivity (Wildman–Crippen MR) is 225 cm³/mol. The molecule has 254 valence electrons. The number of para-hydroxylation sites is 4. The molecule has 3 heteroatoms. The Hall–Kier alpha value is -6.84. The minimum atomic E-state index is -0.209. The highest BCUT2D eigenvalue weighted by atomic mass is 16.3. The lowest BCUT2D eigenvalue weighted by molar-refractivity contribution is 0.656. The Balaban J connectivity index is 1.03. The summed E-state index contributed by atoms with van der Waals surface area (Å²) >= 11 is 0. The molecule has 0 radical (unpaired) electrons. The van der Waals surface area contributed by atoms with Gasteiger partial charge in [0.2, 0.25) is 0 Å². The van der Waals surface area contributed by atoms with Crippen LogP contribution in [0.4, 0.5) is 0 Å². The Morgan fingerprint density at radius 2 is 1.02 bits per heavy atom. The molecule has 0 amide bonds. The molecule has 0 unspecified atom stereocenters. The van der Waals surface area contributed by atoms with Gasteiger partial charge in [0.25, 0.3) is 0 Å². The molecule has 0 saturated carbocycles. The van der Waals surface area contributed by atoms with E-state index < -0.39 is 0 Å². The van der Waals surface area contributed by atoms with E-state index in [4.69, 9.17) is 4.42 Å². The maximum Gasteiger partial charge on any atom is 0.135 e. The third-order valence-electron chi connectivity index (χ3n) is 12.1. The van der Waals surface area contributed by atoms with Crippen molar-refractivity contribution in [3.8, 4) is 33.6 Å². The van der Waals surface area contributed by atoms with Gasteiger partial charge in [0.15, 0.2) is 0 Å². The van der Waals surface area contributed by atoms with Crippen LogP contribution >= 0.6 is 0 Å². The van der Waals surface area contributed by atoms with Gasteiger partial charge in [0.1, 0.15) is 11.2 Å². The van der Waals surface area contributed by atoms with Crippen LogP contribution in [0.1, 0.15) is 25.0 Å². The van der Waals surface area contributed by atoms with Crippen molar-refractivity contribution in [2.24, 2.45) is 0 Å². The molecular formula is C51H34N2O. The lowest BCUT2D eigenvalue weighted by atomic mass is 9.80. The molecule has 3 aromatic heterocycles. The van der Waals surface area contributed by atoms with Crippen molar-refractivity contribution in [2.75, 3.05) is 0 Å². The molecule has 0 spiro atoms. The molecule has 3 heterocycles. The van der Waals surface area contributed by atoms with Crippen LogP contribution in [0, 0.1) is 0 Å². The van der Waals surface area contributed by atoms with Gasteiger partial charge in [-0.15, -0.1) is 0 Å². The van der Waals surface area contributed by atoms with Crippen LogP contribution in [-0.4, -0.2) is 9.13 Å². The van der Waals surface area contributed by atoms with Gasteiger partial charge in [-0.2, -0.15) is 0 Å². The number of aromatic nitrogens is 2. The van der Waals surface area contributed by atoms with Gasteiger partial charge in [0, 0.05) is 49.1 Å². The van der Waals surface area contributed by atoms with Gasteiger partial charge in [-0.1, -0.05) is 117 Å². The van der Waals surface area contributed by atoms with E-state index in [-0.39, 0.29) is 5.41 Å². The summed E-state index contributed by atoms with van der Waals surface area (Å²) in [5, 5.41) is 7.45. The van der Waals surface area contributed by atoms with Crippen LogP contribution in [0.2, 0.25) is 0 Å². The molecule has 54 heavy (non-hydrogen) atoms. The lowest BCUT2D eigenvalue weighted by Crippen LogP contribution is -2.15. The maximum atomic E-state index is 6.35. The van der Waals surface area contributed by atoms with Gasteiger partial charge < -0.3 is 13.6 Å². The minimum absolute atomic E-state index is 0.209. The number of fused-ring (bicyclic) bond motifs is 13. The zero-order chi connectivity index (χ0) is 35.7. The van der Waals surface area contributed by atoms with Crippen molar-refractivity contribution < 1.29 is 4.42 Å². The summed E-state index contributed by atoms with van der Waals surface area (Å²) in [7, 11) is 0. The van der Waals surface area contributed by atoms with E-state index in [1.165, 1.54) is 99.1 Å². The molecule has 12 rings (SSSR count). The lowest BCUT2D eigenvalue weighted by Gasteiger charge is -2.23. The summed E-state index contributed by atoms with van der Waals surface area (Å²) in [5.74, 6) is 0. The zero-order valence-corrected chi connectivity index (χ0v) is 30.0. The summed E-state index contributed by atoms with van der Waals surface area (Å²) in [6.07, 6.45) is 0. The maximum absolute atomic E-state index is 6.35. The Morgan fingerprint density at radius 3 is 1.83 bits per heavy atom. The number of rotatable bonds is 3. The van der Waals surface area contributed by atoms with Gasteiger partial charge in [-0.05, 0) is 100 Å². The highest BCUT2D eigenvalue weighted by Gasteiger charge is 2.38. The standard InChI is InChI=1S/C51H34N2O/c1-51(2)42-30-34(22-24-35(42)39-25-27-48-49(50(39)51)40-16-8-11-19-47(40)54-48)53-44-18-10-7-15-37(44)41-28-31(21-26-45(41)53)32-20-23-38-36-14-6-9-17-43(36)52(46(38)29-32)33-12-4-3-5-13-33/h3-30H,1-2H3. The highest BCUT2D eigenvalue weighted by molar-refractivity contribution is 6.13. The first kappa shape index (κ1) is 29.7. The minimum Gasteiger partial charge on any atom is -0.456 e. The van der Waals surface area contributed by atoms with Crippen molar-refractivity contribution >= 4 is 65.6 Å². The highest BCUT2D eigenvalue weighted by Crippen LogP contribution is 2.53. The molecule has 11 aromatic rings. The average Bonchev–Trinajstić information content (AvgIpc) is 3.92. The number of nitrogens with zero attached hydrogens (tertiary/aromatic N) is 2. The van der Waals surface area contributed by atoms with Gasteiger partial charge >= 0.3 is 0 Å². The normalized spacial score (nSPS) is 13.5. The Bertz CT molecular complexity index is 3350. The van der Waals surface area contributed by atoms with Crippen molar-refractivity contribution in [2.45, 2.75) is 19.3 Å². The molecule has 0 bridgehead atoms. The molecule has 3 nitrogen and oxygen atoms in total. The zero-order valence-electron chi connectivity index (χ0n) is 30.0. The third-order valence-corrected chi connectivity index (χ3v) is 12.1. The number of furan rings is 1. The van der Waals surface area contributed by atoms with Crippen LogP contribution in [-0.2, 0) is 5.41 Å². The van der Waals surface area contributed by atoms with E-state index in [1.54, 1.807) is 0 Å². The van der Waals surface area contributed by atoms with Crippen LogP contribution in [0.25, 0.3) is 99.2 Å². The second kappa shape index (κ2) is 10.6. The Morgan fingerprint density at radius 1 is 0.407 bits per heavy atom. The molecule has 0 fully saturated rings. The summed E-state index contributed by atoms with van der Waals surface area (Å²) in [6.45, 7) is 4.74. The predicted octanol–water partition coefficient (Wildman–Crippen LogP) is 13.8. The SMILES string of the molecule is CC1(C)c2cc(-n3c4ccccc4c4cc(-c5ccc6c7ccccc7n(-c7ccccc7)c6c5)ccc43)ccc2-c2ccc3oc4ccccc4c3c21. The van der Waals surface area contributed by atoms with Gasteiger partial charge in [-0.3, -0.25) is 0 Å². The summed E-state index contributed by atoms with van der Waals surface area (Å²) < 4.78 is 11.2. The van der Waals surface area contributed by atoms with Crippen LogP contribution in [0.15, 0.2) is 174 Å². The van der Waals surface area contributed by atoms with Crippen LogP contribution in [0.3, 0.4) is 0 Å². The molecular weight excluding hydrogens is 657 g/mol. The summed E-state index contributed by atoms with van der Waals surface area (Å²) in [4.78, 5) is 0. The fraction of sp³-hybridized carbons (Fsp3) is 0.0588. The van der Waals surface area contributed by atoms with E-state index in [1.807, 2.05) is 0 Å². The van der Waals surface area contributed by atoms with Crippen molar-refractivity contribution in [3.05, 3.63) is 181 Å². The first-order chi connectivity index (χ1) is 26.5. The number of hydrogen-bond donors (Lipinski definition) is 0. The smallest absolute Gasteiger partial charge is 0.135 e. The van der Waals surface area contributed by atoms with E-state index >= 15 is 0 Å². The second-order valence-corrected chi connectivity index (χ2v) is 15.3.